The lowest BCUT2D eigenvalue weighted by molar-refractivity contribution is -0.120. The van der Waals surface area contributed by atoms with Crippen LogP contribution in [0.1, 0.15) is 33.6 Å². The smallest absolute Gasteiger partial charge is 0.219 e. The van der Waals surface area contributed by atoms with E-state index in [0.717, 1.165) is 12.0 Å². The van der Waals surface area contributed by atoms with E-state index in [4.69, 9.17) is 0 Å². The number of amides is 1. The van der Waals surface area contributed by atoms with Gasteiger partial charge in [0, 0.05) is 19.2 Å². The zero-order valence-corrected chi connectivity index (χ0v) is 9.84. The second kappa shape index (κ2) is 7.97. The molecule has 0 aliphatic heterocycles. The maximum Gasteiger partial charge on any atom is 0.219 e. The fourth-order valence-electron chi connectivity index (χ4n) is 1.16. The Hall–Kier alpha value is -1.38. The molecule has 0 aromatic rings. The van der Waals surface area contributed by atoms with Crippen LogP contribution in [0.25, 0.3) is 0 Å². The van der Waals surface area contributed by atoms with Crippen LogP contribution in [0.5, 0.6) is 0 Å². The van der Waals surface area contributed by atoms with Crippen LogP contribution in [-0.4, -0.2) is 19.2 Å². The van der Waals surface area contributed by atoms with E-state index >= 15 is 0 Å². The summed E-state index contributed by atoms with van der Waals surface area (Å²) in [5, 5.41) is 2.86. The third-order valence-electron chi connectivity index (χ3n) is 2.23. The molecular weight excluding hydrogens is 188 g/mol. The minimum absolute atomic E-state index is 0.0829. The molecule has 0 aliphatic carbocycles. The van der Waals surface area contributed by atoms with E-state index < -0.39 is 0 Å². The van der Waals surface area contributed by atoms with Crippen molar-refractivity contribution in [3.63, 3.8) is 0 Å². The third-order valence-corrected chi connectivity index (χ3v) is 2.23. The van der Waals surface area contributed by atoms with Gasteiger partial charge in [-0.15, -0.1) is 0 Å². The van der Waals surface area contributed by atoms with Gasteiger partial charge < -0.3 is 5.32 Å². The molecule has 0 rings (SSSR count). The quantitative estimate of drug-likeness (QED) is 0.528. The molecule has 0 aliphatic rings. The Morgan fingerprint density at radius 2 is 2.07 bits per heavy atom. The molecule has 1 N–H and O–H groups in total. The van der Waals surface area contributed by atoms with Gasteiger partial charge in [-0.25, -0.2) is 0 Å². The number of rotatable bonds is 6. The van der Waals surface area contributed by atoms with Crippen LogP contribution in [0.3, 0.4) is 0 Å². The average Bonchev–Trinajstić information content (AvgIpc) is 2.26. The molecule has 3 heteroatoms. The second-order valence-electron chi connectivity index (χ2n) is 3.27. The molecule has 1 amide bonds. The summed E-state index contributed by atoms with van der Waals surface area (Å²) in [5.41, 5.74) is 2.36. The van der Waals surface area contributed by atoms with Gasteiger partial charge in [-0.1, -0.05) is 13.8 Å². The summed E-state index contributed by atoms with van der Waals surface area (Å²) in [5.74, 6) is 0.0829. The highest BCUT2D eigenvalue weighted by molar-refractivity contribution is 5.75. The van der Waals surface area contributed by atoms with Gasteiger partial charge >= 0.3 is 0 Å². The van der Waals surface area contributed by atoms with Crippen molar-refractivity contribution >= 4 is 12.6 Å². The van der Waals surface area contributed by atoms with E-state index in [1.165, 1.54) is 5.57 Å². The van der Waals surface area contributed by atoms with E-state index in [2.05, 4.69) is 24.0 Å². The van der Waals surface area contributed by atoms with Crippen molar-refractivity contribution in [2.45, 2.75) is 33.6 Å². The van der Waals surface area contributed by atoms with Gasteiger partial charge in [0.2, 0.25) is 5.91 Å². The van der Waals surface area contributed by atoms with E-state index in [1.54, 1.807) is 6.20 Å². The number of carbonyl (C=O) groups is 1. The second-order valence-corrected chi connectivity index (χ2v) is 3.27. The molecule has 0 spiro atoms. The number of hydrogen-bond acceptors (Lipinski definition) is 2. The minimum Gasteiger partial charge on any atom is -0.352 e. The number of allylic oxidation sites excluding steroid dienone is 2. The Bertz CT molecular complexity index is 277. The van der Waals surface area contributed by atoms with E-state index in [0.29, 0.717) is 13.0 Å². The number of nitrogens with one attached hydrogen (secondary N) is 1. The van der Waals surface area contributed by atoms with Crippen molar-refractivity contribution in [3.8, 4) is 0 Å². The molecule has 84 valence electrons. The van der Waals surface area contributed by atoms with Gasteiger partial charge in [0.1, 0.15) is 0 Å². The Morgan fingerprint density at radius 1 is 1.40 bits per heavy atom. The highest BCUT2D eigenvalue weighted by Crippen LogP contribution is 2.08. The minimum atomic E-state index is 0.0829. The highest BCUT2D eigenvalue weighted by Gasteiger charge is 2.00. The zero-order chi connectivity index (χ0) is 11.7. The Labute approximate surface area is 92.0 Å². The summed E-state index contributed by atoms with van der Waals surface area (Å²) < 4.78 is 0. The lowest BCUT2D eigenvalue weighted by Crippen LogP contribution is -2.24. The zero-order valence-electron chi connectivity index (χ0n) is 9.84. The number of nitrogens with zero attached hydrogens (tertiary/aromatic N) is 1. The first-order valence-corrected chi connectivity index (χ1v) is 5.23. The molecule has 15 heavy (non-hydrogen) atoms. The standard InChI is InChI=1S/C12H20N2O/c1-5-11(9-14-12(15)6-2)10(3)7-8-13-4/h7-8H,4-6,9H2,1-3H3,(H,14,15)/b8-7-,11-10+. The van der Waals surface area contributed by atoms with Crippen molar-refractivity contribution in [2.75, 3.05) is 6.54 Å². The van der Waals surface area contributed by atoms with Gasteiger partial charge in [-0.3, -0.25) is 9.79 Å². The molecule has 0 radical (unpaired) electrons. The first-order chi connectivity index (χ1) is 7.15. The lowest BCUT2D eigenvalue weighted by atomic mass is 10.1. The maximum atomic E-state index is 11.1. The number of hydrogen-bond donors (Lipinski definition) is 1. The van der Waals surface area contributed by atoms with Crippen LogP contribution in [0.2, 0.25) is 0 Å². The van der Waals surface area contributed by atoms with Crippen LogP contribution >= 0.6 is 0 Å². The summed E-state index contributed by atoms with van der Waals surface area (Å²) in [6.45, 7) is 9.93. The lowest BCUT2D eigenvalue weighted by Gasteiger charge is -2.08. The van der Waals surface area contributed by atoms with Gasteiger partial charge in [0.25, 0.3) is 0 Å². The van der Waals surface area contributed by atoms with Gasteiger partial charge in [-0.2, -0.15) is 0 Å². The van der Waals surface area contributed by atoms with Crippen molar-refractivity contribution in [2.24, 2.45) is 4.99 Å². The topological polar surface area (TPSA) is 41.5 Å². The molecular formula is C12H20N2O. The molecule has 3 nitrogen and oxygen atoms in total. The summed E-state index contributed by atoms with van der Waals surface area (Å²) in [6.07, 6.45) is 5.02. The molecule has 0 heterocycles. The number of aliphatic imine (C=N–C) groups is 1. The largest absolute Gasteiger partial charge is 0.352 e. The third kappa shape index (κ3) is 5.83. The summed E-state index contributed by atoms with van der Waals surface area (Å²) >= 11 is 0. The van der Waals surface area contributed by atoms with Crippen molar-refractivity contribution in [1.82, 2.24) is 5.32 Å². The Balaban J connectivity index is 4.39. The van der Waals surface area contributed by atoms with Crippen molar-refractivity contribution in [1.29, 1.82) is 0 Å². The van der Waals surface area contributed by atoms with Crippen LogP contribution in [0.15, 0.2) is 28.4 Å². The first kappa shape index (κ1) is 13.6. The van der Waals surface area contributed by atoms with Gasteiger partial charge in [0.05, 0.1) is 0 Å². The molecule has 0 aromatic carbocycles. The van der Waals surface area contributed by atoms with Crippen LogP contribution < -0.4 is 5.32 Å². The monoisotopic (exact) mass is 208 g/mol. The fourth-order valence-corrected chi connectivity index (χ4v) is 1.16. The van der Waals surface area contributed by atoms with E-state index in [9.17, 15) is 4.79 Å². The molecule has 0 fully saturated rings. The van der Waals surface area contributed by atoms with Gasteiger partial charge in [-0.05, 0) is 37.3 Å². The molecule has 0 bridgehead atoms. The summed E-state index contributed by atoms with van der Waals surface area (Å²) in [7, 11) is 0. The normalized spacial score (nSPS) is 12.5. The SMILES string of the molecule is C=N/C=C\C(C)=C(/CC)CNC(=O)CC. The number of carbonyl (C=O) groups excluding carboxylic acids is 1. The summed E-state index contributed by atoms with van der Waals surface area (Å²) in [4.78, 5) is 14.7. The molecule has 0 atom stereocenters. The highest BCUT2D eigenvalue weighted by atomic mass is 16.1. The van der Waals surface area contributed by atoms with Crippen LogP contribution in [0.4, 0.5) is 0 Å². The molecule has 0 saturated heterocycles. The predicted molar refractivity (Wildman–Crippen MR) is 65.0 cm³/mol. The van der Waals surface area contributed by atoms with Gasteiger partial charge in [0.15, 0.2) is 0 Å². The maximum absolute atomic E-state index is 11.1. The van der Waals surface area contributed by atoms with Crippen LogP contribution in [-0.2, 0) is 4.79 Å². The Kier molecular flexibility index (Phi) is 7.24. The predicted octanol–water partition coefficient (Wildman–Crippen LogP) is 2.45. The van der Waals surface area contributed by atoms with E-state index in [-0.39, 0.29) is 5.91 Å². The van der Waals surface area contributed by atoms with Crippen molar-refractivity contribution in [3.05, 3.63) is 23.4 Å². The van der Waals surface area contributed by atoms with Crippen LogP contribution in [0, 0.1) is 0 Å². The molecule has 0 saturated carbocycles. The first-order valence-electron chi connectivity index (χ1n) is 5.23. The molecule has 0 unspecified atom stereocenters. The fraction of sp³-hybridized carbons (Fsp3) is 0.500. The Morgan fingerprint density at radius 3 is 2.53 bits per heavy atom. The molecule has 0 aromatic heterocycles. The average molecular weight is 208 g/mol. The summed E-state index contributed by atoms with van der Waals surface area (Å²) in [6, 6.07) is 0. The van der Waals surface area contributed by atoms with E-state index in [1.807, 2.05) is 19.9 Å². The van der Waals surface area contributed by atoms with Crippen molar-refractivity contribution < 1.29 is 4.79 Å².